The lowest BCUT2D eigenvalue weighted by Gasteiger charge is -2.42. The Morgan fingerprint density at radius 2 is 2.37 bits per heavy atom. The van der Waals surface area contributed by atoms with E-state index < -0.39 is 5.54 Å². The number of ether oxygens (including phenoxy) is 1. The summed E-state index contributed by atoms with van der Waals surface area (Å²) < 4.78 is 5.25. The van der Waals surface area contributed by atoms with Gasteiger partial charge in [0, 0.05) is 32.8 Å². The van der Waals surface area contributed by atoms with E-state index in [9.17, 15) is 4.79 Å². The number of hydrazine groups is 1. The molecule has 0 aliphatic carbocycles. The number of hydrogen-bond donors (Lipinski definition) is 3. The molecule has 1 fully saturated rings. The van der Waals surface area contributed by atoms with E-state index in [4.69, 9.17) is 10.6 Å². The summed E-state index contributed by atoms with van der Waals surface area (Å²) in [5.74, 6) is 6.06. The fraction of sp³-hybridized carbons (Fsp3) is 0.833. The summed E-state index contributed by atoms with van der Waals surface area (Å²) in [6, 6.07) is 0. The number of nitrogens with one attached hydrogen (secondary N) is 2. The molecule has 0 radical (unpaired) electrons. The fourth-order valence-corrected chi connectivity index (χ4v) is 1.98. The Morgan fingerprint density at radius 3 is 3.00 bits per heavy atom. The molecule has 0 aromatic heterocycles. The van der Waals surface area contributed by atoms with Gasteiger partial charge in [0.25, 0.3) is 0 Å². The van der Waals surface area contributed by atoms with Crippen molar-refractivity contribution in [2.75, 3.05) is 32.8 Å². The number of carbonyl (C=O) groups excluding carboxylic acids is 1. The minimum absolute atomic E-state index is 0.0176. The van der Waals surface area contributed by atoms with Gasteiger partial charge in [0.15, 0.2) is 0 Å². The van der Waals surface area contributed by atoms with Gasteiger partial charge in [-0.3, -0.25) is 15.2 Å². The molecule has 1 amide bonds. The SMILES string of the molecule is CCOCCCN=C(NN)N1CCNC(=O)C1(C)C. The average molecular weight is 271 g/mol. The molecule has 1 rings (SSSR count). The number of carbonyl (C=O) groups is 1. The zero-order valence-corrected chi connectivity index (χ0v) is 12.0. The molecule has 0 atom stereocenters. The van der Waals surface area contributed by atoms with Crippen LogP contribution in [0.2, 0.25) is 0 Å². The van der Waals surface area contributed by atoms with Crippen LogP contribution >= 0.6 is 0 Å². The van der Waals surface area contributed by atoms with Crippen molar-refractivity contribution in [1.29, 1.82) is 0 Å². The monoisotopic (exact) mass is 271 g/mol. The van der Waals surface area contributed by atoms with Crippen molar-refractivity contribution >= 4 is 11.9 Å². The lowest BCUT2D eigenvalue weighted by Crippen LogP contribution is -2.66. The van der Waals surface area contributed by atoms with Crippen molar-refractivity contribution < 1.29 is 9.53 Å². The van der Waals surface area contributed by atoms with Crippen molar-refractivity contribution in [3.63, 3.8) is 0 Å². The summed E-state index contributed by atoms with van der Waals surface area (Å²) in [7, 11) is 0. The highest BCUT2D eigenvalue weighted by Gasteiger charge is 2.39. The number of hydrogen-bond acceptors (Lipinski definition) is 4. The lowest BCUT2D eigenvalue weighted by molar-refractivity contribution is -0.132. The highest BCUT2D eigenvalue weighted by atomic mass is 16.5. The summed E-state index contributed by atoms with van der Waals surface area (Å²) >= 11 is 0. The van der Waals surface area contributed by atoms with E-state index >= 15 is 0 Å². The van der Waals surface area contributed by atoms with E-state index in [0.717, 1.165) is 6.42 Å². The van der Waals surface area contributed by atoms with Crippen molar-refractivity contribution in [2.24, 2.45) is 10.8 Å². The van der Waals surface area contributed by atoms with E-state index in [0.29, 0.717) is 38.8 Å². The van der Waals surface area contributed by atoms with Gasteiger partial charge in [0.2, 0.25) is 11.9 Å². The van der Waals surface area contributed by atoms with Crippen molar-refractivity contribution in [3.05, 3.63) is 0 Å². The van der Waals surface area contributed by atoms with Gasteiger partial charge in [0.05, 0.1) is 0 Å². The summed E-state index contributed by atoms with van der Waals surface area (Å²) in [6.45, 7) is 8.98. The molecule has 0 unspecified atom stereocenters. The topological polar surface area (TPSA) is 92.0 Å². The number of amides is 1. The Kier molecular flexibility index (Phi) is 6.04. The second kappa shape index (κ2) is 7.30. The number of aliphatic imine (C=N–C) groups is 1. The van der Waals surface area contributed by atoms with Crippen LogP contribution in [0.4, 0.5) is 0 Å². The van der Waals surface area contributed by atoms with Crippen LogP contribution in [-0.2, 0) is 9.53 Å². The van der Waals surface area contributed by atoms with E-state index in [1.807, 2.05) is 25.7 Å². The first kappa shape index (κ1) is 15.7. The molecule has 0 spiro atoms. The van der Waals surface area contributed by atoms with E-state index in [2.05, 4.69) is 15.7 Å². The van der Waals surface area contributed by atoms with Crippen LogP contribution in [0.25, 0.3) is 0 Å². The third-order valence-electron chi connectivity index (χ3n) is 3.15. The van der Waals surface area contributed by atoms with Crippen molar-refractivity contribution in [2.45, 2.75) is 32.7 Å². The molecular weight excluding hydrogens is 246 g/mol. The largest absolute Gasteiger partial charge is 0.382 e. The molecule has 7 nitrogen and oxygen atoms in total. The minimum atomic E-state index is -0.649. The van der Waals surface area contributed by atoms with Crippen LogP contribution in [0.15, 0.2) is 4.99 Å². The van der Waals surface area contributed by atoms with E-state index in [-0.39, 0.29) is 5.91 Å². The Balaban J connectivity index is 2.62. The van der Waals surface area contributed by atoms with E-state index in [1.165, 1.54) is 0 Å². The third kappa shape index (κ3) is 4.07. The highest BCUT2D eigenvalue weighted by molar-refractivity contribution is 5.92. The number of guanidine groups is 1. The molecule has 0 bridgehead atoms. The molecule has 1 heterocycles. The molecule has 19 heavy (non-hydrogen) atoms. The van der Waals surface area contributed by atoms with Crippen LogP contribution in [0, 0.1) is 0 Å². The maximum atomic E-state index is 11.9. The molecule has 1 saturated heterocycles. The van der Waals surface area contributed by atoms with Crippen molar-refractivity contribution in [1.82, 2.24) is 15.6 Å². The predicted molar refractivity (Wildman–Crippen MR) is 74.5 cm³/mol. The Bertz CT molecular complexity index is 330. The molecule has 4 N–H and O–H groups in total. The van der Waals surface area contributed by atoms with Crippen LogP contribution < -0.4 is 16.6 Å². The molecule has 0 aromatic carbocycles. The van der Waals surface area contributed by atoms with Gasteiger partial charge in [-0.05, 0) is 27.2 Å². The molecule has 7 heteroatoms. The van der Waals surface area contributed by atoms with Gasteiger partial charge < -0.3 is 15.0 Å². The summed E-state index contributed by atoms with van der Waals surface area (Å²) in [5, 5.41) is 2.84. The van der Waals surface area contributed by atoms with Crippen LogP contribution in [-0.4, -0.2) is 55.2 Å². The van der Waals surface area contributed by atoms with Crippen molar-refractivity contribution in [3.8, 4) is 0 Å². The van der Waals surface area contributed by atoms with Crippen LogP contribution in [0.1, 0.15) is 27.2 Å². The van der Waals surface area contributed by atoms with Gasteiger partial charge >= 0.3 is 0 Å². The molecule has 0 saturated carbocycles. The molecular formula is C12H25N5O2. The Morgan fingerprint density at radius 1 is 1.63 bits per heavy atom. The van der Waals surface area contributed by atoms with E-state index in [1.54, 1.807) is 0 Å². The van der Waals surface area contributed by atoms with Gasteiger partial charge in [-0.2, -0.15) is 0 Å². The zero-order chi connectivity index (χ0) is 14.3. The van der Waals surface area contributed by atoms with Gasteiger partial charge in [-0.25, -0.2) is 5.84 Å². The Labute approximate surface area is 114 Å². The molecule has 0 aromatic rings. The number of piperazine rings is 1. The quantitative estimate of drug-likeness (QED) is 0.205. The maximum absolute atomic E-state index is 11.9. The predicted octanol–water partition coefficient (Wildman–Crippen LogP) is -0.557. The van der Waals surface area contributed by atoms with Crippen LogP contribution in [0.5, 0.6) is 0 Å². The maximum Gasteiger partial charge on any atom is 0.245 e. The number of nitrogens with two attached hydrogens (primary N) is 1. The minimum Gasteiger partial charge on any atom is -0.382 e. The molecule has 1 aliphatic rings. The first-order valence-electron chi connectivity index (χ1n) is 6.68. The third-order valence-corrected chi connectivity index (χ3v) is 3.15. The second-order valence-corrected chi connectivity index (χ2v) is 4.87. The van der Waals surface area contributed by atoms with Gasteiger partial charge in [0.1, 0.15) is 5.54 Å². The average Bonchev–Trinajstić information content (AvgIpc) is 2.38. The lowest BCUT2D eigenvalue weighted by atomic mass is 9.99. The summed E-state index contributed by atoms with van der Waals surface area (Å²) in [6.07, 6.45) is 0.833. The highest BCUT2D eigenvalue weighted by Crippen LogP contribution is 2.17. The number of rotatable bonds is 5. The fourth-order valence-electron chi connectivity index (χ4n) is 1.98. The number of nitrogens with zero attached hydrogens (tertiary/aromatic N) is 2. The standard InChI is InChI=1S/C12H25N5O2/c1-4-19-9-5-6-15-11(16-13)17-8-7-14-10(18)12(17,2)3/h4-9,13H2,1-3H3,(H,14,18)(H,15,16). The molecule has 110 valence electrons. The second-order valence-electron chi connectivity index (χ2n) is 4.87. The first-order chi connectivity index (χ1) is 9.04. The summed E-state index contributed by atoms with van der Waals surface area (Å²) in [4.78, 5) is 18.2. The van der Waals surface area contributed by atoms with Crippen LogP contribution in [0.3, 0.4) is 0 Å². The first-order valence-corrected chi connectivity index (χ1v) is 6.68. The normalized spacial score (nSPS) is 19.3. The van der Waals surface area contributed by atoms with Gasteiger partial charge in [-0.15, -0.1) is 0 Å². The van der Waals surface area contributed by atoms with Gasteiger partial charge in [-0.1, -0.05) is 0 Å². The smallest absolute Gasteiger partial charge is 0.245 e. The Hall–Kier alpha value is -1.34. The molecule has 1 aliphatic heterocycles. The summed E-state index contributed by atoms with van der Waals surface area (Å²) in [5.41, 5.74) is 1.94. The zero-order valence-electron chi connectivity index (χ0n) is 12.0.